The molecule has 0 atom stereocenters. The number of hydrogen-bond acceptors (Lipinski definition) is 8. The number of thiophene rings is 1. The topological polar surface area (TPSA) is 111 Å². The van der Waals surface area contributed by atoms with E-state index in [-0.39, 0.29) is 35.4 Å². The Labute approximate surface area is 166 Å². The lowest BCUT2D eigenvalue weighted by Gasteiger charge is -2.05. The zero-order valence-electron chi connectivity index (χ0n) is 15.1. The van der Waals surface area contributed by atoms with E-state index in [4.69, 9.17) is 9.15 Å². The lowest BCUT2D eigenvalue weighted by atomic mass is 10.3. The molecule has 0 unspecified atom stereocenters. The Bertz CT molecular complexity index is 1010. The van der Waals surface area contributed by atoms with Crippen molar-refractivity contribution in [1.29, 1.82) is 0 Å². The fourth-order valence-corrected chi connectivity index (χ4v) is 4.45. The number of carbonyl (C=O) groups excluding carboxylic acids is 1. The van der Waals surface area contributed by atoms with Crippen molar-refractivity contribution in [3.63, 3.8) is 0 Å². The number of anilines is 1. The van der Waals surface area contributed by atoms with E-state index in [0.29, 0.717) is 18.1 Å². The number of sulfone groups is 1. The Morgan fingerprint density at radius 3 is 2.68 bits per heavy atom. The maximum atomic E-state index is 12.3. The minimum absolute atomic E-state index is 0.00886. The van der Waals surface area contributed by atoms with Crippen LogP contribution >= 0.6 is 11.3 Å². The summed E-state index contributed by atoms with van der Waals surface area (Å²) in [6.45, 7) is 0. The normalized spacial score (nSPS) is 11.3. The molecule has 28 heavy (non-hydrogen) atoms. The van der Waals surface area contributed by atoms with Gasteiger partial charge in [-0.1, -0.05) is 11.2 Å². The smallest absolute Gasteiger partial charge is 0.322 e. The third kappa shape index (κ3) is 5.40. The number of hydrogen-bond donors (Lipinski definition) is 1. The molecule has 2 aromatic heterocycles. The summed E-state index contributed by atoms with van der Waals surface area (Å²) >= 11 is 1.58. The summed E-state index contributed by atoms with van der Waals surface area (Å²) in [5.41, 5.74) is 0. The Kier molecular flexibility index (Phi) is 6.42. The number of rotatable bonds is 9. The average molecular weight is 422 g/mol. The highest BCUT2D eigenvalue weighted by Gasteiger charge is 2.16. The second-order valence-corrected chi connectivity index (χ2v) is 9.04. The molecule has 0 aliphatic carbocycles. The maximum Gasteiger partial charge on any atom is 0.322 e. The van der Waals surface area contributed by atoms with Crippen LogP contribution in [0.25, 0.3) is 0 Å². The molecule has 8 nitrogen and oxygen atoms in total. The zero-order valence-corrected chi connectivity index (χ0v) is 16.8. The van der Waals surface area contributed by atoms with Gasteiger partial charge in [-0.3, -0.25) is 10.1 Å². The van der Waals surface area contributed by atoms with E-state index >= 15 is 0 Å². The van der Waals surface area contributed by atoms with Crippen LogP contribution < -0.4 is 10.1 Å². The largest absolute Gasteiger partial charge is 0.497 e. The van der Waals surface area contributed by atoms with Crippen LogP contribution in [0.3, 0.4) is 0 Å². The number of aromatic nitrogens is 2. The Hall–Kier alpha value is -2.72. The van der Waals surface area contributed by atoms with Crippen LogP contribution in [0, 0.1) is 0 Å². The van der Waals surface area contributed by atoms with Crippen molar-refractivity contribution in [2.75, 3.05) is 18.2 Å². The van der Waals surface area contributed by atoms with Gasteiger partial charge in [-0.15, -0.1) is 16.4 Å². The average Bonchev–Trinajstić information content (AvgIpc) is 3.34. The lowest BCUT2D eigenvalue weighted by Crippen LogP contribution is -2.14. The van der Waals surface area contributed by atoms with Crippen LogP contribution in [-0.2, 0) is 21.1 Å². The zero-order chi connectivity index (χ0) is 20.0. The van der Waals surface area contributed by atoms with Crippen molar-refractivity contribution in [3.05, 3.63) is 52.5 Å². The first-order chi connectivity index (χ1) is 13.5. The van der Waals surface area contributed by atoms with Crippen molar-refractivity contribution in [2.24, 2.45) is 0 Å². The highest BCUT2D eigenvalue weighted by molar-refractivity contribution is 7.91. The summed E-state index contributed by atoms with van der Waals surface area (Å²) < 4.78 is 35.0. The SMILES string of the molecule is COc1ccc(S(=O)(=O)CCCC(=O)Nc2nnc(Cc3cccs3)o2)cc1. The van der Waals surface area contributed by atoms with Crippen molar-refractivity contribution in [2.45, 2.75) is 24.2 Å². The molecule has 1 N–H and O–H groups in total. The number of methoxy groups -OCH3 is 1. The molecule has 148 valence electrons. The van der Waals surface area contributed by atoms with Gasteiger partial charge in [0, 0.05) is 11.3 Å². The molecule has 1 aromatic carbocycles. The predicted octanol–water partition coefficient (Wildman–Crippen LogP) is 2.92. The van der Waals surface area contributed by atoms with E-state index < -0.39 is 9.84 Å². The van der Waals surface area contributed by atoms with Gasteiger partial charge < -0.3 is 9.15 Å². The molecule has 1 amide bonds. The molecule has 0 spiro atoms. The highest BCUT2D eigenvalue weighted by atomic mass is 32.2. The molecule has 0 bridgehead atoms. The third-order valence-electron chi connectivity index (χ3n) is 3.85. The van der Waals surface area contributed by atoms with Gasteiger partial charge in [0.2, 0.25) is 11.8 Å². The Balaban J connectivity index is 1.47. The molecule has 0 saturated heterocycles. The van der Waals surface area contributed by atoms with E-state index in [1.54, 1.807) is 23.5 Å². The number of amides is 1. The maximum absolute atomic E-state index is 12.3. The molecule has 10 heteroatoms. The van der Waals surface area contributed by atoms with Gasteiger partial charge in [0.05, 0.1) is 24.2 Å². The fraction of sp³-hybridized carbons (Fsp3) is 0.278. The summed E-state index contributed by atoms with van der Waals surface area (Å²) in [6.07, 6.45) is 0.703. The van der Waals surface area contributed by atoms with Gasteiger partial charge in [0.15, 0.2) is 9.84 Å². The molecule has 0 saturated carbocycles. The minimum atomic E-state index is -3.46. The quantitative estimate of drug-likeness (QED) is 0.565. The summed E-state index contributed by atoms with van der Waals surface area (Å²) in [5, 5.41) is 12.1. The first kappa shape index (κ1) is 20.0. The van der Waals surface area contributed by atoms with Gasteiger partial charge in [0.1, 0.15) is 5.75 Å². The van der Waals surface area contributed by atoms with Gasteiger partial charge in [-0.2, -0.15) is 0 Å². The monoisotopic (exact) mass is 421 g/mol. The van der Waals surface area contributed by atoms with E-state index in [2.05, 4.69) is 15.5 Å². The predicted molar refractivity (Wildman–Crippen MR) is 104 cm³/mol. The van der Waals surface area contributed by atoms with Gasteiger partial charge >= 0.3 is 6.01 Å². The molecule has 0 aliphatic heterocycles. The molecule has 0 aliphatic rings. The molecule has 0 fully saturated rings. The molecule has 2 heterocycles. The fourth-order valence-electron chi connectivity index (χ4n) is 2.44. The van der Waals surface area contributed by atoms with Crippen molar-refractivity contribution in [1.82, 2.24) is 10.2 Å². The summed E-state index contributed by atoms with van der Waals surface area (Å²) in [7, 11) is -1.95. The van der Waals surface area contributed by atoms with Crippen molar-refractivity contribution in [3.8, 4) is 5.75 Å². The summed E-state index contributed by atoms with van der Waals surface area (Å²) in [4.78, 5) is 13.3. The molecule has 0 radical (unpaired) electrons. The van der Waals surface area contributed by atoms with Crippen LogP contribution in [0.5, 0.6) is 5.75 Å². The van der Waals surface area contributed by atoms with Crippen LogP contribution in [0.1, 0.15) is 23.6 Å². The van der Waals surface area contributed by atoms with E-state index in [0.717, 1.165) is 4.88 Å². The number of nitrogens with zero attached hydrogens (tertiary/aromatic N) is 2. The number of ether oxygens (including phenoxy) is 1. The van der Waals surface area contributed by atoms with Crippen LogP contribution in [0.2, 0.25) is 0 Å². The van der Waals surface area contributed by atoms with Crippen molar-refractivity contribution < 1.29 is 22.4 Å². The molecular formula is C18H19N3O5S2. The van der Waals surface area contributed by atoms with Crippen molar-refractivity contribution >= 4 is 33.1 Å². The first-order valence-electron chi connectivity index (χ1n) is 8.48. The first-order valence-corrected chi connectivity index (χ1v) is 11.0. The Morgan fingerprint density at radius 1 is 1.21 bits per heavy atom. The lowest BCUT2D eigenvalue weighted by molar-refractivity contribution is -0.116. The van der Waals surface area contributed by atoms with Crippen LogP contribution in [0.4, 0.5) is 6.01 Å². The van der Waals surface area contributed by atoms with Gasteiger partial charge in [-0.05, 0) is 42.1 Å². The highest BCUT2D eigenvalue weighted by Crippen LogP contribution is 2.18. The standard InChI is InChI=1S/C18H19N3O5S2/c1-25-13-6-8-15(9-7-13)28(23,24)11-3-5-16(22)19-18-21-20-17(26-18)12-14-4-2-10-27-14/h2,4,6-10H,3,5,11-12H2,1H3,(H,19,21,22). The molecule has 3 aromatic rings. The van der Waals surface area contributed by atoms with Gasteiger partial charge in [-0.25, -0.2) is 8.42 Å². The van der Waals surface area contributed by atoms with Gasteiger partial charge in [0.25, 0.3) is 0 Å². The number of nitrogens with one attached hydrogen (secondary N) is 1. The minimum Gasteiger partial charge on any atom is -0.497 e. The van der Waals surface area contributed by atoms with E-state index in [1.165, 1.54) is 19.2 Å². The third-order valence-corrected chi connectivity index (χ3v) is 6.55. The Morgan fingerprint density at radius 2 is 2.00 bits per heavy atom. The van der Waals surface area contributed by atoms with E-state index in [9.17, 15) is 13.2 Å². The van der Waals surface area contributed by atoms with Crippen LogP contribution in [-0.4, -0.2) is 37.4 Å². The summed E-state index contributed by atoms with van der Waals surface area (Å²) in [5.74, 6) is 0.465. The molecular weight excluding hydrogens is 402 g/mol. The second kappa shape index (κ2) is 8.98. The van der Waals surface area contributed by atoms with Crippen LogP contribution in [0.15, 0.2) is 51.1 Å². The number of benzene rings is 1. The summed E-state index contributed by atoms with van der Waals surface area (Å²) in [6, 6.07) is 10.0. The number of carbonyl (C=O) groups is 1. The van der Waals surface area contributed by atoms with E-state index in [1.807, 2.05) is 17.5 Å². The second-order valence-electron chi connectivity index (χ2n) is 5.90. The molecule has 3 rings (SSSR count).